The molecule has 3 aromatic rings. The van der Waals surface area contributed by atoms with E-state index in [0.29, 0.717) is 11.4 Å². The highest BCUT2D eigenvalue weighted by Gasteiger charge is 2.23. The number of fused-ring (bicyclic) bond motifs is 1. The number of H-pyrrole nitrogens is 1. The minimum atomic E-state index is -3.52. The van der Waals surface area contributed by atoms with Crippen molar-refractivity contribution in [3.63, 3.8) is 0 Å². The molecule has 7 heteroatoms. The smallest absolute Gasteiger partial charge is 0.293 e. The molecule has 6 nitrogen and oxygen atoms in total. The molecule has 0 spiro atoms. The summed E-state index contributed by atoms with van der Waals surface area (Å²) in [7, 11) is -3.52. The van der Waals surface area contributed by atoms with Crippen molar-refractivity contribution in [1.82, 2.24) is 9.71 Å². The van der Waals surface area contributed by atoms with E-state index >= 15 is 0 Å². The molecule has 2 aromatic carbocycles. The molecule has 1 aliphatic rings. The highest BCUT2D eigenvalue weighted by molar-refractivity contribution is 7.89. The van der Waals surface area contributed by atoms with E-state index in [9.17, 15) is 13.2 Å². The predicted octanol–water partition coefficient (Wildman–Crippen LogP) is 5.71. The first-order valence-corrected chi connectivity index (χ1v) is 12.9. The van der Waals surface area contributed by atoms with Gasteiger partial charge in [-0.15, -0.1) is 0 Å². The molecule has 1 heterocycles. The average Bonchev–Trinajstić information content (AvgIpc) is 3.18. The van der Waals surface area contributed by atoms with Gasteiger partial charge < -0.3 is 9.72 Å². The second-order valence-corrected chi connectivity index (χ2v) is 11.2. The van der Waals surface area contributed by atoms with Gasteiger partial charge in [-0.1, -0.05) is 49.6 Å². The Morgan fingerprint density at radius 1 is 1.03 bits per heavy atom. The van der Waals surface area contributed by atoms with E-state index < -0.39 is 10.0 Å². The third-order valence-electron chi connectivity index (χ3n) is 5.65. The SMILES string of the molecule is CC(C)(C)OC=O.Cc1ccc(-c2cc3ccccc3[nH]2)cc1S(=O)(=O)NC1CCCCC1. The summed E-state index contributed by atoms with van der Waals surface area (Å²) in [6.45, 7) is 7.77. The van der Waals surface area contributed by atoms with Crippen LogP contribution >= 0.6 is 0 Å². The normalized spacial score (nSPS) is 15.0. The Morgan fingerprint density at radius 3 is 2.33 bits per heavy atom. The average molecular weight is 471 g/mol. The topological polar surface area (TPSA) is 88.3 Å². The van der Waals surface area contributed by atoms with Crippen LogP contribution in [0.5, 0.6) is 0 Å². The van der Waals surface area contributed by atoms with Crippen LogP contribution in [0.3, 0.4) is 0 Å². The summed E-state index contributed by atoms with van der Waals surface area (Å²) in [4.78, 5) is 13.3. The van der Waals surface area contributed by atoms with Crippen molar-refractivity contribution in [3.05, 3.63) is 54.1 Å². The summed E-state index contributed by atoms with van der Waals surface area (Å²) in [5.41, 5.74) is 3.32. The lowest BCUT2D eigenvalue weighted by Gasteiger charge is -2.23. The fraction of sp³-hybridized carbons (Fsp3) is 0.423. The zero-order valence-electron chi connectivity index (χ0n) is 19.9. The summed E-state index contributed by atoms with van der Waals surface area (Å²) < 4.78 is 33.4. The molecule has 0 bridgehead atoms. The lowest BCUT2D eigenvalue weighted by Crippen LogP contribution is -2.36. The minimum Gasteiger partial charge on any atom is -0.462 e. The number of carbonyl (C=O) groups excluding carboxylic acids is 1. The van der Waals surface area contributed by atoms with E-state index in [1.807, 2.05) is 64.1 Å². The molecule has 0 aliphatic heterocycles. The van der Waals surface area contributed by atoms with Gasteiger partial charge in [0.05, 0.1) is 4.90 Å². The van der Waals surface area contributed by atoms with Gasteiger partial charge >= 0.3 is 0 Å². The van der Waals surface area contributed by atoms with Crippen molar-refractivity contribution in [3.8, 4) is 11.3 Å². The fourth-order valence-corrected chi connectivity index (χ4v) is 5.51. The van der Waals surface area contributed by atoms with E-state index in [2.05, 4.69) is 20.5 Å². The maximum atomic E-state index is 13.0. The Morgan fingerprint density at radius 2 is 1.73 bits per heavy atom. The number of aromatic nitrogens is 1. The monoisotopic (exact) mass is 470 g/mol. The number of aryl methyl sites for hydroxylation is 1. The molecule has 33 heavy (non-hydrogen) atoms. The maximum absolute atomic E-state index is 13.0. The third kappa shape index (κ3) is 6.92. The number of para-hydroxylation sites is 1. The lowest BCUT2D eigenvalue weighted by molar-refractivity contribution is -0.138. The van der Waals surface area contributed by atoms with Gasteiger partial charge in [-0.2, -0.15) is 0 Å². The van der Waals surface area contributed by atoms with E-state index in [1.54, 1.807) is 6.07 Å². The van der Waals surface area contributed by atoms with Crippen LogP contribution in [0.4, 0.5) is 0 Å². The Bertz CT molecular complexity index is 1150. The first-order valence-electron chi connectivity index (χ1n) is 11.4. The Balaban J connectivity index is 0.000000383. The number of aromatic amines is 1. The van der Waals surface area contributed by atoms with Crippen LogP contribution in [0.2, 0.25) is 0 Å². The van der Waals surface area contributed by atoms with Gasteiger partial charge in [-0.25, -0.2) is 13.1 Å². The van der Waals surface area contributed by atoms with Crippen molar-refractivity contribution >= 4 is 27.4 Å². The number of hydrogen-bond donors (Lipinski definition) is 2. The zero-order chi connectivity index (χ0) is 24.1. The quantitative estimate of drug-likeness (QED) is 0.467. The molecular weight excluding hydrogens is 436 g/mol. The van der Waals surface area contributed by atoms with Gasteiger partial charge in [0.2, 0.25) is 10.0 Å². The molecule has 0 unspecified atom stereocenters. The molecule has 0 amide bonds. The van der Waals surface area contributed by atoms with Crippen LogP contribution in [0.1, 0.15) is 58.4 Å². The van der Waals surface area contributed by atoms with E-state index in [4.69, 9.17) is 0 Å². The second kappa shape index (κ2) is 10.5. The van der Waals surface area contributed by atoms with E-state index in [-0.39, 0.29) is 11.6 Å². The van der Waals surface area contributed by atoms with Gasteiger partial charge in [0.1, 0.15) is 5.60 Å². The number of benzene rings is 2. The summed E-state index contributed by atoms with van der Waals surface area (Å²) in [6.07, 6.45) is 5.26. The van der Waals surface area contributed by atoms with Crippen molar-refractivity contribution in [1.29, 1.82) is 0 Å². The molecule has 1 aliphatic carbocycles. The van der Waals surface area contributed by atoms with E-state index in [0.717, 1.165) is 53.4 Å². The van der Waals surface area contributed by atoms with Crippen LogP contribution < -0.4 is 4.72 Å². The molecule has 178 valence electrons. The lowest BCUT2D eigenvalue weighted by atomic mass is 9.96. The number of hydrogen-bond acceptors (Lipinski definition) is 4. The molecule has 1 fully saturated rings. The molecule has 0 saturated heterocycles. The van der Waals surface area contributed by atoms with Gasteiger partial charge in [0.15, 0.2) is 0 Å². The number of ether oxygens (including phenoxy) is 1. The second-order valence-electron chi connectivity index (χ2n) is 9.53. The van der Waals surface area contributed by atoms with Crippen molar-refractivity contribution in [2.45, 2.75) is 76.3 Å². The van der Waals surface area contributed by atoms with Gasteiger partial charge in [0.25, 0.3) is 6.47 Å². The van der Waals surface area contributed by atoms with E-state index in [1.165, 1.54) is 6.42 Å². The van der Waals surface area contributed by atoms with Crippen molar-refractivity contribution in [2.24, 2.45) is 0 Å². The summed E-state index contributed by atoms with van der Waals surface area (Å²) in [5.74, 6) is 0. The maximum Gasteiger partial charge on any atom is 0.293 e. The Hall–Kier alpha value is -2.64. The molecule has 1 aromatic heterocycles. The predicted molar refractivity (Wildman–Crippen MR) is 133 cm³/mol. The fourth-order valence-electron chi connectivity index (χ4n) is 3.93. The number of sulfonamides is 1. The standard InChI is InChI=1S/C21H24N2O2S.C5H10O2/c1-15-11-12-17(20-13-16-7-5-6-10-19(16)22-20)14-21(15)26(24,25)23-18-8-3-2-4-9-18;1-5(2,3)7-4-6/h5-7,10-14,18,22-23H,2-4,8-9H2,1H3;4H,1-3H3. The van der Waals surface area contributed by atoms with Gasteiger partial charge in [0, 0.05) is 22.6 Å². The zero-order valence-corrected chi connectivity index (χ0v) is 20.7. The first-order chi connectivity index (χ1) is 15.6. The van der Waals surface area contributed by atoms with Crippen LogP contribution in [-0.4, -0.2) is 31.5 Å². The largest absolute Gasteiger partial charge is 0.462 e. The van der Waals surface area contributed by atoms with Crippen LogP contribution in [0.25, 0.3) is 22.2 Å². The highest BCUT2D eigenvalue weighted by atomic mass is 32.2. The van der Waals surface area contributed by atoms with Crippen LogP contribution in [-0.2, 0) is 19.6 Å². The van der Waals surface area contributed by atoms with Crippen LogP contribution in [0, 0.1) is 6.92 Å². The number of nitrogens with one attached hydrogen (secondary N) is 2. The third-order valence-corrected chi connectivity index (χ3v) is 7.31. The Kier molecular flexibility index (Phi) is 7.97. The number of rotatable bonds is 5. The molecule has 2 N–H and O–H groups in total. The van der Waals surface area contributed by atoms with Gasteiger partial charge in [-0.05, 0) is 69.9 Å². The minimum absolute atomic E-state index is 0.0601. The van der Waals surface area contributed by atoms with Gasteiger partial charge in [-0.3, -0.25) is 4.79 Å². The summed E-state index contributed by atoms with van der Waals surface area (Å²) in [5, 5.41) is 1.12. The van der Waals surface area contributed by atoms with Crippen molar-refractivity contribution in [2.75, 3.05) is 0 Å². The Labute approximate surface area is 196 Å². The first kappa shape index (κ1) is 25.0. The number of carbonyl (C=O) groups is 1. The highest BCUT2D eigenvalue weighted by Crippen LogP contribution is 2.28. The molecule has 1 saturated carbocycles. The van der Waals surface area contributed by atoms with Crippen molar-refractivity contribution < 1.29 is 17.9 Å². The summed E-state index contributed by atoms with van der Waals surface area (Å²) >= 11 is 0. The molecule has 4 rings (SSSR count). The molecule has 0 atom stereocenters. The summed E-state index contributed by atoms with van der Waals surface area (Å²) in [6, 6.07) is 15.8. The molecule has 0 radical (unpaired) electrons. The van der Waals surface area contributed by atoms with Crippen LogP contribution in [0.15, 0.2) is 53.4 Å². The molecular formula is C26H34N2O4S.